The molecular formula is C16H23N3. The van der Waals surface area contributed by atoms with Gasteiger partial charge in [-0.15, -0.1) is 0 Å². The van der Waals surface area contributed by atoms with Crippen LogP contribution in [0.1, 0.15) is 52.8 Å². The number of pyridine rings is 1. The zero-order valence-corrected chi connectivity index (χ0v) is 12.7. The molecular weight excluding hydrogens is 234 g/mol. The molecule has 0 amide bonds. The van der Waals surface area contributed by atoms with Gasteiger partial charge in [0.15, 0.2) is 5.82 Å². The summed E-state index contributed by atoms with van der Waals surface area (Å²) in [4.78, 5) is 4.37. The summed E-state index contributed by atoms with van der Waals surface area (Å²) >= 11 is 0. The summed E-state index contributed by atoms with van der Waals surface area (Å²) < 4.78 is 1.89. The minimum Gasteiger partial charge on any atom is -0.237 e. The van der Waals surface area contributed by atoms with Crippen LogP contribution in [0.5, 0.6) is 0 Å². The smallest absolute Gasteiger partial charge is 0.153 e. The predicted molar refractivity (Wildman–Crippen MR) is 78.8 cm³/mol. The van der Waals surface area contributed by atoms with Crippen LogP contribution in [0.2, 0.25) is 0 Å². The summed E-state index contributed by atoms with van der Waals surface area (Å²) in [6.45, 7) is 13.3. The third-order valence-corrected chi connectivity index (χ3v) is 3.12. The van der Waals surface area contributed by atoms with Crippen molar-refractivity contribution in [2.45, 2.75) is 52.4 Å². The molecule has 2 heterocycles. The lowest BCUT2D eigenvalue weighted by atomic mass is 9.80. The SMILES string of the molecule is CC(C)(C)c1cn(-c2ccccn2)nc1C(C)(C)C. The Morgan fingerprint density at radius 2 is 1.63 bits per heavy atom. The van der Waals surface area contributed by atoms with Crippen LogP contribution in [0.4, 0.5) is 0 Å². The Hall–Kier alpha value is -1.64. The van der Waals surface area contributed by atoms with Gasteiger partial charge in [-0.05, 0) is 23.1 Å². The highest BCUT2D eigenvalue weighted by Gasteiger charge is 2.29. The van der Waals surface area contributed by atoms with Crippen LogP contribution >= 0.6 is 0 Å². The first-order valence-electron chi connectivity index (χ1n) is 6.71. The lowest BCUT2D eigenvalue weighted by molar-refractivity contribution is 0.518. The minimum absolute atomic E-state index is 0.0304. The molecule has 102 valence electrons. The summed E-state index contributed by atoms with van der Waals surface area (Å²) in [5.41, 5.74) is 2.54. The molecule has 0 fully saturated rings. The fraction of sp³-hybridized carbons (Fsp3) is 0.500. The molecule has 0 unspecified atom stereocenters. The van der Waals surface area contributed by atoms with E-state index in [1.54, 1.807) is 6.20 Å². The van der Waals surface area contributed by atoms with E-state index in [2.05, 4.69) is 52.7 Å². The Labute approximate surface area is 115 Å². The lowest BCUT2D eigenvalue weighted by Gasteiger charge is -2.24. The molecule has 3 nitrogen and oxygen atoms in total. The summed E-state index contributed by atoms with van der Waals surface area (Å²) in [5.74, 6) is 0.864. The number of hydrogen-bond acceptors (Lipinski definition) is 2. The number of hydrogen-bond donors (Lipinski definition) is 0. The highest BCUT2D eigenvalue weighted by Crippen LogP contribution is 2.33. The summed E-state index contributed by atoms with van der Waals surface area (Å²) in [7, 11) is 0. The standard InChI is InChI=1S/C16H23N3/c1-15(2,3)12-11-19(13-9-7-8-10-17-13)18-14(12)16(4,5)6/h7-11H,1-6H3. The topological polar surface area (TPSA) is 30.7 Å². The van der Waals surface area contributed by atoms with Crippen LogP contribution in [0.3, 0.4) is 0 Å². The van der Waals surface area contributed by atoms with Crippen LogP contribution in [0, 0.1) is 0 Å². The molecule has 0 aliphatic heterocycles. The van der Waals surface area contributed by atoms with E-state index >= 15 is 0 Å². The Morgan fingerprint density at radius 1 is 0.947 bits per heavy atom. The molecule has 0 saturated heterocycles. The Kier molecular flexibility index (Phi) is 3.25. The van der Waals surface area contributed by atoms with E-state index in [1.807, 2.05) is 22.9 Å². The van der Waals surface area contributed by atoms with Crippen molar-refractivity contribution >= 4 is 0 Å². The van der Waals surface area contributed by atoms with E-state index in [9.17, 15) is 0 Å². The largest absolute Gasteiger partial charge is 0.237 e. The normalized spacial score (nSPS) is 12.7. The van der Waals surface area contributed by atoms with Crippen molar-refractivity contribution < 1.29 is 0 Å². The van der Waals surface area contributed by atoms with E-state index in [0.29, 0.717) is 0 Å². The van der Waals surface area contributed by atoms with Gasteiger partial charge < -0.3 is 0 Å². The van der Waals surface area contributed by atoms with Crippen LogP contribution in [0.25, 0.3) is 5.82 Å². The molecule has 0 aliphatic rings. The van der Waals surface area contributed by atoms with Gasteiger partial charge in [0.2, 0.25) is 0 Å². The van der Waals surface area contributed by atoms with Gasteiger partial charge >= 0.3 is 0 Å². The fourth-order valence-electron chi connectivity index (χ4n) is 2.08. The predicted octanol–water partition coefficient (Wildman–Crippen LogP) is 3.86. The van der Waals surface area contributed by atoms with Crippen LogP contribution in [-0.4, -0.2) is 14.8 Å². The van der Waals surface area contributed by atoms with Crippen molar-refractivity contribution in [3.63, 3.8) is 0 Å². The molecule has 0 atom stereocenters. The maximum atomic E-state index is 4.77. The highest BCUT2D eigenvalue weighted by molar-refractivity contribution is 5.34. The summed E-state index contributed by atoms with van der Waals surface area (Å²) in [6, 6.07) is 5.88. The number of aromatic nitrogens is 3. The average Bonchev–Trinajstić information content (AvgIpc) is 2.74. The molecule has 0 aromatic carbocycles. The zero-order valence-electron chi connectivity index (χ0n) is 12.7. The molecule has 3 heteroatoms. The van der Waals surface area contributed by atoms with E-state index < -0.39 is 0 Å². The Morgan fingerprint density at radius 3 is 2.05 bits per heavy atom. The fourth-order valence-corrected chi connectivity index (χ4v) is 2.08. The van der Waals surface area contributed by atoms with Crippen molar-refractivity contribution in [2.75, 3.05) is 0 Å². The van der Waals surface area contributed by atoms with Crippen LogP contribution in [-0.2, 0) is 10.8 Å². The summed E-state index contributed by atoms with van der Waals surface area (Å²) in [5, 5.41) is 4.77. The van der Waals surface area contributed by atoms with Gasteiger partial charge in [-0.2, -0.15) is 5.10 Å². The van der Waals surface area contributed by atoms with Gasteiger partial charge in [-0.1, -0.05) is 47.6 Å². The average molecular weight is 257 g/mol. The second kappa shape index (κ2) is 4.48. The van der Waals surface area contributed by atoms with Gasteiger partial charge in [0, 0.05) is 17.8 Å². The van der Waals surface area contributed by atoms with Gasteiger partial charge in [0.25, 0.3) is 0 Å². The van der Waals surface area contributed by atoms with Gasteiger partial charge in [-0.3, -0.25) is 0 Å². The molecule has 2 aromatic rings. The maximum absolute atomic E-state index is 4.77. The van der Waals surface area contributed by atoms with E-state index in [4.69, 9.17) is 5.10 Å². The van der Waals surface area contributed by atoms with E-state index in [-0.39, 0.29) is 10.8 Å². The van der Waals surface area contributed by atoms with E-state index in [1.165, 1.54) is 5.56 Å². The molecule has 0 radical (unpaired) electrons. The maximum Gasteiger partial charge on any atom is 0.153 e. The van der Waals surface area contributed by atoms with Crippen molar-refractivity contribution in [3.8, 4) is 5.82 Å². The molecule has 0 N–H and O–H groups in total. The molecule has 0 aliphatic carbocycles. The molecule has 0 spiro atoms. The van der Waals surface area contributed by atoms with E-state index in [0.717, 1.165) is 11.5 Å². The lowest BCUT2D eigenvalue weighted by Crippen LogP contribution is -2.21. The van der Waals surface area contributed by atoms with Gasteiger partial charge in [-0.25, -0.2) is 9.67 Å². The molecule has 2 rings (SSSR count). The van der Waals surface area contributed by atoms with Gasteiger partial charge in [0.05, 0.1) is 5.69 Å². The highest BCUT2D eigenvalue weighted by atomic mass is 15.3. The van der Waals surface area contributed by atoms with Crippen molar-refractivity contribution in [2.24, 2.45) is 0 Å². The van der Waals surface area contributed by atoms with Crippen molar-refractivity contribution in [1.82, 2.24) is 14.8 Å². The van der Waals surface area contributed by atoms with Crippen molar-refractivity contribution in [1.29, 1.82) is 0 Å². The molecule has 0 bridgehead atoms. The Bertz CT molecular complexity index is 522. The second-order valence-corrected chi connectivity index (χ2v) is 7.02. The third kappa shape index (κ3) is 2.86. The van der Waals surface area contributed by atoms with Crippen LogP contribution < -0.4 is 0 Å². The van der Waals surface area contributed by atoms with Crippen molar-refractivity contribution in [3.05, 3.63) is 41.9 Å². The second-order valence-electron chi connectivity index (χ2n) is 7.02. The Balaban J connectivity index is 2.59. The number of rotatable bonds is 1. The molecule has 19 heavy (non-hydrogen) atoms. The first-order chi connectivity index (χ1) is 8.69. The summed E-state index contributed by atoms with van der Waals surface area (Å²) in [6.07, 6.45) is 3.91. The molecule has 2 aromatic heterocycles. The third-order valence-electron chi connectivity index (χ3n) is 3.12. The first kappa shape index (κ1) is 13.8. The van der Waals surface area contributed by atoms with Gasteiger partial charge in [0.1, 0.15) is 0 Å². The zero-order chi connectivity index (χ0) is 14.3. The monoisotopic (exact) mass is 257 g/mol. The van der Waals surface area contributed by atoms with Crippen LogP contribution in [0.15, 0.2) is 30.6 Å². The minimum atomic E-state index is 0.0304. The first-order valence-corrected chi connectivity index (χ1v) is 6.71. The number of nitrogens with zero attached hydrogens (tertiary/aromatic N) is 3. The quantitative estimate of drug-likeness (QED) is 0.776. The molecule has 0 saturated carbocycles.